The molecular weight excluding hydrogens is 466 g/mol. The minimum atomic E-state index is -0.421. The van der Waals surface area contributed by atoms with Gasteiger partial charge in [-0.25, -0.2) is 0 Å². The highest BCUT2D eigenvalue weighted by atomic mass is 16.4. The first-order valence-corrected chi connectivity index (χ1v) is 13.6. The fourth-order valence-electron chi connectivity index (χ4n) is 4.68. The first-order valence-electron chi connectivity index (χ1n) is 13.6. The Bertz CT molecular complexity index is 1170. The van der Waals surface area contributed by atoms with Gasteiger partial charge in [0.25, 0.3) is 0 Å². The molecule has 202 valence electrons. The van der Waals surface area contributed by atoms with Crippen LogP contribution in [0.25, 0.3) is 22.3 Å². The van der Waals surface area contributed by atoms with Crippen molar-refractivity contribution in [1.82, 2.24) is 9.80 Å². The first-order chi connectivity index (χ1) is 17.9. The monoisotopic (exact) mass is 509 g/mol. The Labute approximate surface area is 220 Å². The van der Waals surface area contributed by atoms with Gasteiger partial charge in [0.15, 0.2) is 16.8 Å². The molecule has 0 unspecified atom stereocenters. The van der Waals surface area contributed by atoms with Crippen LogP contribution >= 0.6 is 0 Å². The molecule has 2 N–H and O–H groups in total. The summed E-state index contributed by atoms with van der Waals surface area (Å²) in [6.45, 7) is 10.9. The van der Waals surface area contributed by atoms with Gasteiger partial charge in [0.1, 0.15) is 5.76 Å². The van der Waals surface area contributed by atoms with E-state index < -0.39 is 5.75 Å². The minimum absolute atomic E-state index is 0.00501. The summed E-state index contributed by atoms with van der Waals surface area (Å²) < 4.78 is 5.77. The summed E-state index contributed by atoms with van der Waals surface area (Å²) in [5.74, 6) is -0.386. The Balaban J connectivity index is 0.00000186. The van der Waals surface area contributed by atoms with Crippen molar-refractivity contribution in [2.75, 3.05) is 58.3 Å². The third-order valence-corrected chi connectivity index (χ3v) is 6.97. The summed E-state index contributed by atoms with van der Waals surface area (Å²) >= 11 is 0. The molecule has 2 heterocycles. The fraction of sp³-hybridized carbons (Fsp3) is 0.500. The number of anilines is 1. The zero-order chi connectivity index (χ0) is 26.8. The summed E-state index contributed by atoms with van der Waals surface area (Å²) in [4.78, 5) is 19.7. The fourth-order valence-corrected chi connectivity index (χ4v) is 4.68. The van der Waals surface area contributed by atoms with Crippen molar-refractivity contribution in [3.8, 4) is 22.8 Å². The highest BCUT2D eigenvalue weighted by Gasteiger charge is 2.14. The van der Waals surface area contributed by atoms with Crippen LogP contribution in [0.3, 0.4) is 0 Å². The van der Waals surface area contributed by atoms with Crippen LogP contribution in [0.4, 0.5) is 5.69 Å². The summed E-state index contributed by atoms with van der Waals surface area (Å²) in [6, 6.07) is 12.0. The lowest BCUT2D eigenvalue weighted by Crippen LogP contribution is -2.36. The van der Waals surface area contributed by atoms with Crippen LogP contribution in [-0.4, -0.2) is 73.4 Å². The molecule has 1 fully saturated rings. The van der Waals surface area contributed by atoms with E-state index in [9.17, 15) is 15.0 Å². The van der Waals surface area contributed by atoms with Crippen molar-refractivity contribution in [3.63, 3.8) is 0 Å². The van der Waals surface area contributed by atoms with E-state index in [1.165, 1.54) is 57.1 Å². The molecule has 7 nitrogen and oxygen atoms in total. The molecule has 3 aromatic rings. The molecule has 0 amide bonds. The predicted molar refractivity (Wildman–Crippen MR) is 153 cm³/mol. The van der Waals surface area contributed by atoms with Crippen molar-refractivity contribution in [1.29, 1.82) is 0 Å². The number of hydrogen-bond acceptors (Lipinski definition) is 7. The Morgan fingerprint density at radius 2 is 1.57 bits per heavy atom. The second-order valence-electron chi connectivity index (χ2n) is 9.67. The molecule has 37 heavy (non-hydrogen) atoms. The van der Waals surface area contributed by atoms with Crippen molar-refractivity contribution < 1.29 is 14.6 Å². The maximum absolute atomic E-state index is 12.5. The number of fused-ring (bicyclic) bond motifs is 1. The van der Waals surface area contributed by atoms with Gasteiger partial charge in [0.05, 0.1) is 5.39 Å². The van der Waals surface area contributed by atoms with Crippen LogP contribution in [0.2, 0.25) is 0 Å². The molecule has 0 atom stereocenters. The first kappa shape index (κ1) is 28.5. The lowest BCUT2D eigenvalue weighted by molar-refractivity contribution is 0.195. The van der Waals surface area contributed by atoms with E-state index in [4.69, 9.17) is 4.42 Å². The van der Waals surface area contributed by atoms with Crippen LogP contribution < -0.4 is 10.3 Å². The van der Waals surface area contributed by atoms with Gasteiger partial charge in [-0.2, -0.15) is 0 Å². The zero-order valence-electron chi connectivity index (χ0n) is 22.9. The van der Waals surface area contributed by atoms with Crippen molar-refractivity contribution in [3.05, 3.63) is 52.7 Å². The average molecular weight is 510 g/mol. The summed E-state index contributed by atoms with van der Waals surface area (Å²) in [6.07, 6.45) is 6.37. The van der Waals surface area contributed by atoms with E-state index in [0.717, 1.165) is 43.7 Å². The van der Waals surface area contributed by atoms with E-state index in [-0.39, 0.29) is 22.1 Å². The van der Waals surface area contributed by atoms with E-state index in [1.54, 1.807) is 0 Å². The maximum atomic E-state index is 12.5. The van der Waals surface area contributed by atoms with Gasteiger partial charge >= 0.3 is 0 Å². The lowest BCUT2D eigenvalue weighted by atomic mass is 10.1. The second kappa shape index (κ2) is 14.1. The second-order valence-corrected chi connectivity index (χ2v) is 9.67. The number of rotatable bonds is 10. The van der Waals surface area contributed by atoms with Gasteiger partial charge in [-0.15, -0.1) is 0 Å². The highest BCUT2D eigenvalue weighted by molar-refractivity contribution is 5.86. The van der Waals surface area contributed by atoms with Crippen LogP contribution in [0, 0.1) is 0 Å². The number of unbranched alkanes of at least 4 members (excludes halogenated alkanes) is 1. The predicted octanol–water partition coefficient (Wildman–Crippen LogP) is 5.53. The molecule has 4 rings (SSSR count). The largest absolute Gasteiger partial charge is 0.504 e. The average Bonchev–Trinajstić information content (AvgIpc) is 2.93. The molecule has 0 saturated carbocycles. The Kier molecular flexibility index (Phi) is 10.8. The van der Waals surface area contributed by atoms with Gasteiger partial charge in [0.2, 0.25) is 5.75 Å². The van der Waals surface area contributed by atoms with Gasteiger partial charge in [-0.1, -0.05) is 20.3 Å². The molecule has 0 spiro atoms. The standard InChI is InChI=1S/C28H37N3O4.C2H6/c1-29(18-19-31-16-4-3-5-17-31)14-6-7-15-30(2)22-10-8-21(9-11-22)26-20-25(33)23-12-13-24(32)27(34)28(23)35-26;1-2/h8-13,20,32,34H,3-7,14-19H2,1-2H3;1-2H3. The van der Waals surface area contributed by atoms with Crippen LogP contribution in [0.5, 0.6) is 11.5 Å². The number of phenols is 2. The van der Waals surface area contributed by atoms with Crippen LogP contribution in [0.1, 0.15) is 46.0 Å². The lowest BCUT2D eigenvalue weighted by Gasteiger charge is -2.28. The normalized spacial score (nSPS) is 14.0. The summed E-state index contributed by atoms with van der Waals surface area (Å²) in [5.41, 5.74) is 1.56. The Morgan fingerprint density at radius 1 is 0.892 bits per heavy atom. The van der Waals surface area contributed by atoms with Gasteiger partial charge in [0, 0.05) is 44.0 Å². The van der Waals surface area contributed by atoms with Crippen LogP contribution in [-0.2, 0) is 0 Å². The number of hydrogen-bond donors (Lipinski definition) is 2. The molecule has 1 saturated heterocycles. The van der Waals surface area contributed by atoms with Crippen LogP contribution in [0.15, 0.2) is 51.7 Å². The smallest absolute Gasteiger partial charge is 0.201 e. The molecule has 0 bridgehead atoms. The molecule has 1 aliphatic rings. The highest BCUT2D eigenvalue weighted by Crippen LogP contribution is 2.34. The topological polar surface area (TPSA) is 80.4 Å². The number of aromatic hydroxyl groups is 2. The molecule has 1 aliphatic heterocycles. The van der Waals surface area contributed by atoms with Crippen molar-refractivity contribution >= 4 is 16.7 Å². The van der Waals surface area contributed by atoms with Gasteiger partial charge in [-0.3, -0.25) is 4.79 Å². The molecule has 2 aromatic carbocycles. The number of piperidine rings is 1. The van der Waals surface area contributed by atoms with E-state index in [2.05, 4.69) is 28.8 Å². The van der Waals surface area contributed by atoms with E-state index in [1.807, 2.05) is 38.1 Å². The van der Waals surface area contributed by atoms with Crippen molar-refractivity contribution in [2.24, 2.45) is 0 Å². The number of likely N-dealkylation sites (N-methyl/N-ethyl adjacent to an activating group) is 1. The summed E-state index contributed by atoms with van der Waals surface area (Å²) in [5, 5.41) is 20.1. The van der Waals surface area contributed by atoms with Gasteiger partial charge in [-0.05, 0) is 88.8 Å². The Hall–Kier alpha value is -3.03. The number of phenolic OH excluding ortho intramolecular Hbond substituents is 2. The quantitative estimate of drug-likeness (QED) is 0.275. The van der Waals surface area contributed by atoms with Crippen molar-refractivity contribution in [2.45, 2.75) is 46.0 Å². The number of likely N-dealkylation sites (tertiary alicyclic amines) is 1. The van der Waals surface area contributed by atoms with E-state index >= 15 is 0 Å². The third-order valence-electron chi connectivity index (χ3n) is 6.97. The summed E-state index contributed by atoms with van der Waals surface area (Å²) in [7, 11) is 4.31. The minimum Gasteiger partial charge on any atom is -0.504 e. The molecular formula is C30H43N3O4. The third kappa shape index (κ3) is 7.73. The molecule has 0 aliphatic carbocycles. The zero-order valence-corrected chi connectivity index (χ0v) is 22.9. The number of benzene rings is 2. The molecule has 0 radical (unpaired) electrons. The number of nitrogens with zero attached hydrogens (tertiary/aromatic N) is 3. The van der Waals surface area contributed by atoms with Gasteiger partial charge < -0.3 is 29.3 Å². The Morgan fingerprint density at radius 3 is 2.27 bits per heavy atom. The molecule has 7 heteroatoms. The van der Waals surface area contributed by atoms with E-state index in [0.29, 0.717) is 5.76 Å². The maximum Gasteiger partial charge on any atom is 0.201 e. The molecule has 1 aromatic heterocycles. The SMILES string of the molecule is CC.CN(CCCCN(C)c1ccc(-c2cc(=O)c3ccc(O)c(O)c3o2)cc1)CCN1CCCCC1.